The molecule has 4 heteroatoms. The lowest BCUT2D eigenvalue weighted by atomic mass is 10.0. The standard InChI is InChI=1S/C13H15N.C6H10O2.ClH/c1-14(2)10-12-8-5-7-11-6-3-4-9-13(11)12;1-4-8-6(7)5(2)3;/h3-9H,10H2,1-2H3;2,4H2,1,3H3;1H. The lowest BCUT2D eigenvalue weighted by molar-refractivity contribution is -0.138. The van der Waals surface area contributed by atoms with Crippen LogP contribution < -0.4 is 0 Å². The van der Waals surface area contributed by atoms with Crippen LogP contribution in [-0.4, -0.2) is 31.6 Å². The highest BCUT2D eigenvalue weighted by molar-refractivity contribution is 5.87. The van der Waals surface area contributed by atoms with Crippen molar-refractivity contribution in [1.82, 2.24) is 4.90 Å². The number of hydrogen-bond donors (Lipinski definition) is 0. The molecule has 0 aliphatic carbocycles. The van der Waals surface area contributed by atoms with E-state index >= 15 is 0 Å². The topological polar surface area (TPSA) is 29.5 Å². The summed E-state index contributed by atoms with van der Waals surface area (Å²) in [6.07, 6.45) is 0. The van der Waals surface area contributed by atoms with E-state index in [2.05, 4.69) is 72.8 Å². The Balaban J connectivity index is 0.000000469. The predicted molar refractivity (Wildman–Crippen MR) is 100 cm³/mol. The van der Waals surface area contributed by atoms with Crippen LogP contribution in [0.1, 0.15) is 19.4 Å². The van der Waals surface area contributed by atoms with Gasteiger partial charge in [-0.15, -0.1) is 12.4 Å². The lowest BCUT2D eigenvalue weighted by Gasteiger charge is -2.11. The minimum Gasteiger partial charge on any atom is -0.463 e. The van der Waals surface area contributed by atoms with Gasteiger partial charge in [-0.05, 0) is 44.3 Å². The summed E-state index contributed by atoms with van der Waals surface area (Å²) < 4.78 is 4.56. The third-order valence-electron chi connectivity index (χ3n) is 2.99. The molecular formula is C19H26ClNO2. The summed E-state index contributed by atoms with van der Waals surface area (Å²) in [4.78, 5) is 12.6. The largest absolute Gasteiger partial charge is 0.463 e. The maximum atomic E-state index is 10.4. The van der Waals surface area contributed by atoms with Crippen molar-refractivity contribution in [2.45, 2.75) is 20.4 Å². The summed E-state index contributed by atoms with van der Waals surface area (Å²) in [6, 6.07) is 15.0. The van der Waals surface area contributed by atoms with Crippen molar-refractivity contribution in [1.29, 1.82) is 0 Å². The molecule has 0 saturated carbocycles. The van der Waals surface area contributed by atoms with Gasteiger partial charge in [0.05, 0.1) is 6.61 Å². The predicted octanol–water partition coefficient (Wildman–Crippen LogP) is 4.45. The molecule has 0 N–H and O–H groups in total. The maximum Gasteiger partial charge on any atom is 0.333 e. The van der Waals surface area contributed by atoms with Crippen LogP contribution >= 0.6 is 12.4 Å². The number of benzene rings is 2. The Hall–Kier alpha value is -1.84. The fourth-order valence-electron chi connectivity index (χ4n) is 2.03. The fourth-order valence-corrected chi connectivity index (χ4v) is 2.03. The molecule has 0 spiro atoms. The second-order valence-corrected chi connectivity index (χ2v) is 5.38. The van der Waals surface area contributed by atoms with Crippen molar-refractivity contribution >= 4 is 29.1 Å². The summed E-state index contributed by atoms with van der Waals surface area (Å²) in [5.74, 6) is -0.312. The van der Waals surface area contributed by atoms with Crippen LogP contribution in [0, 0.1) is 0 Å². The monoisotopic (exact) mass is 335 g/mol. The first-order valence-electron chi connectivity index (χ1n) is 7.39. The Morgan fingerprint density at radius 3 is 2.26 bits per heavy atom. The van der Waals surface area contributed by atoms with Gasteiger partial charge in [-0.3, -0.25) is 0 Å². The first-order chi connectivity index (χ1) is 10.5. The van der Waals surface area contributed by atoms with Crippen molar-refractivity contribution < 1.29 is 9.53 Å². The maximum absolute atomic E-state index is 10.4. The Bertz CT molecular complexity index is 633. The van der Waals surface area contributed by atoms with Gasteiger partial charge in [-0.25, -0.2) is 4.79 Å². The van der Waals surface area contributed by atoms with E-state index in [4.69, 9.17) is 0 Å². The number of carbonyl (C=O) groups excluding carboxylic acids is 1. The van der Waals surface area contributed by atoms with E-state index in [0.717, 1.165) is 6.54 Å². The van der Waals surface area contributed by atoms with Gasteiger partial charge >= 0.3 is 5.97 Å². The summed E-state index contributed by atoms with van der Waals surface area (Å²) in [5.41, 5.74) is 1.85. The number of fused-ring (bicyclic) bond motifs is 1. The lowest BCUT2D eigenvalue weighted by Crippen LogP contribution is -2.10. The third kappa shape index (κ3) is 7.31. The van der Waals surface area contributed by atoms with Crippen LogP contribution in [0.4, 0.5) is 0 Å². The minimum atomic E-state index is -0.312. The average molecular weight is 336 g/mol. The van der Waals surface area contributed by atoms with Gasteiger partial charge in [0.1, 0.15) is 0 Å². The summed E-state index contributed by atoms with van der Waals surface area (Å²) in [5, 5.41) is 2.69. The molecule has 0 heterocycles. The molecule has 0 radical (unpaired) electrons. The molecule has 2 aromatic carbocycles. The van der Waals surface area contributed by atoms with Crippen LogP contribution in [0.25, 0.3) is 10.8 Å². The molecule has 2 aromatic rings. The van der Waals surface area contributed by atoms with E-state index in [9.17, 15) is 4.79 Å². The molecule has 0 amide bonds. The quantitative estimate of drug-likeness (QED) is 0.610. The fraction of sp³-hybridized carbons (Fsp3) is 0.316. The molecule has 0 aliphatic rings. The van der Waals surface area contributed by atoms with Gasteiger partial charge in [0.15, 0.2) is 0 Å². The highest BCUT2D eigenvalue weighted by Crippen LogP contribution is 2.18. The SMILES string of the molecule is C=C(C)C(=O)OCC.CN(C)Cc1cccc2ccccc12.Cl. The second kappa shape index (κ2) is 10.8. The molecule has 0 aromatic heterocycles. The number of hydrogen-bond acceptors (Lipinski definition) is 3. The Labute approximate surface area is 145 Å². The number of rotatable bonds is 4. The molecule has 0 saturated heterocycles. The van der Waals surface area contributed by atoms with Crippen LogP contribution in [0.2, 0.25) is 0 Å². The number of halogens is 1. The smallest absolute Gasteiger partial charge is 0.333 e. The van der Waals surface area contributed by atoms with E-state index in [1.54, 1.807) is 13.8 Å². The van der Waals surface area contributed by atoms with Crippen LogP contribution in [-0.2, 0) is 16.1 Å². The van der Waals surface area contributed by atoms with E-state index in [1.807, 2.05) is 0 Å². The average Bonchev–Trinajstić information content (AvgIpc) is 2.48. The van der Waals surface area contributed by atoms with Crippen molar-refractivity contribution in [3.8, 4) is 0 Å². The molecular weight excluding hydrogens is 310 g/mol. The number of esters is 1. The van der Waals surface area contributed by atoms with Gasteiger partial charge in [-0.2, -0.15) is 0 Å². The second-order valence-electron chi connectivity index (χ2n) is 5.38. The summed E-state index contributed by atoms with van der Waals surface area (Å²) >= 11 is 0. The number of carbonyl (C=O) groups is 1. The highest BCUT2D eigenvalue weighted by Gasteiger charge is 2.00. The third-order valence-corrected chi connectivity index (χ3v) is 2.99. The first kappa shape index (κ1) is 21.2. The van der Waals surface area contributed by atoms with Crippen molar-refractivity contribution in [2.75, 3.05) is 20.7 Å². The van der Waals surface area contributed by atoms with E-state index in [0.29, 0.717) is 12.2 Å². The minimum absolute atomic E-state index is 0. The molecule has 0 fully saturated rings. The van der Waals surface area contributed by atoms with Crippen molar-refractivity contribution in [3.05, 3.63) is 60.2 Å². The van der Waals surface area contributed by atoms with Crippen LogP contribution in [0.5, 0.6) is 0 Å². The number of ether oxygens (including phenoxy) is 1. The zero-order chi connectivity index (χ0) is 16.5. The van der Waals surface area contributed by atoms with E-state index in [1.165, 1.54) is 16.3 Å². The van der Waals surface area contributed by atoms with Crippen LogP contribution in [0.15, 0.2) is 54.6 Å². The molecule has 126 valence electrons. The Morgan fingerprint density at radius 1 is 1.13 bits per heavy atom. The van der Waals surface area contributed by atoms with Crippen molar-refractivity contribution in [3.63, 3.8) is 0 Å². The molecule has 2 rings (SSSR count). The number of nitrogens with zero attached hydrogens (tertiary/aromatic N) is 1. The first-order valence-corrected chi connectivity index (χ1v) is 7.39. The molecule has 0 bridgehead atoms. The van der Waals surface area contributed by atoms with Gasteiger partial charge in [0, 0.05) is 12.1 Å². The summed E-state index contributed by atoms with van der Waals surface area (Å²) in [6.45, 7) is 8.21. The summed E-state index contributed by atoms with van der Waals surface area (Å²) in [7, 11) is 4.20. The molecule has 0 unspecified atom stereocenters. The molecule has 0 aliphatic heterocycles. The highest BCUT2D eigenvalue weighted by atomic mass is 35.5. The van der Waals surface area contributed by atoms with E-state index < -0.39 is 0 Å². The van der Waals surface area contributed by atoms with Gasteiger partial charge in [-0.1, -0.05) is 49.0 Å². The zero-order valence-corrected chi connectivity index (χ0v) is 15.2. The Morgan fingerprint density at radius 2 is 1.74 bits per heavy atom. The van der Waals surface area contributed by atoms with Gasteiger partial charge in [0.2, 0.25) is 0 Å². The van der Waals surface area contributed by atoms with Crippen LogP contribution in [0.3, 0.4) is 0 Å². The molecule has 3 nitrogen and oxygen atoms in total. The van der Waals surface area contributed by atoms with Gasteiger partial charge in [0.25, 0.3) is 0 Å². The molecule has 23 heavy (non-hydrogen) atoms. The molecule has 0 atom stereocenters. The Kier molecular flexibility index (Phi) is 9.95. The van der Waals surface area contributed by atoms with E-state index in [-0.39, 0.29) is 18.4 Å². The van der Waals surface area contributed by atoms with Gasteiger partial charge < -0.3 is 9.64 Å². The zero-order valence-electron chi connectivity index (χ0n) is 14.3. The normalized spacial score (nSPS) is 9.61. The van der Waals surface area contributed by atoms with Crippen molar-refractivity contribution in [2.24, 2.45) is 0 Å².